The smallest absolute Gasteiger partial charge is 0.132 e. The number of hydrogen-bond acceptors (Lipinski definition) is 3. The molecule has 16 heavy (non-hydrogen) atoms. The van der Waals surface area contributed by atoms with Crippen LogP contribution in [0.2, 0.25) is 0 Å². The monoisotopic (exact) mass is 219 g/mol. The molecule has 0 spiro atoms. The van der Waals surface area contributed by atoms with Crippen LogP contribution in [0.25, 0.3) is 0 Å². The van der Waals surface area contributed by atoms with Crippen molar-refractivity contribution in [1.82, 2.24) is 9.97 Å². The van der Waals surface area contributed by atoms with Gasteiger partial charge in [-0.2, -0.15) is 0 Å². The zero-order valence-corrected chi connectivity index (χ0v) is 10.3. The Morgan fingerprint density at radius 1 is 1.25 bits per heavy atom. The van der Waals surface area contributed by atoms with E-state index in [-0.39, 0.29) is 0 Å². The van der Waals surface area contributed by atoms with Crippen LogP contribution in [0.5, 0.6) is 0 Å². The first-order chi connectivity index (χ1) is 7.86. The van der Waals surface area contributed by atoms with Gasteiger partial charge in [0.2, 0.25) is 0 Å². The normalized spacial score (nSPS) is 15.1. The lowest BCUT2D eigenvalue weighted by atomic mass is 10.1. The number of hydrogen-bond donors (Lipinski definition) is 1. The SMILES string of the molecule is CCCNc1ncnc(C2CC2)c1CCC. The maximum absolute atomic E-state index is 4.48. The molecule has 0 amide bonds. The molecule has 0 atom stereocenters. The van der Waals surface area contributed by atoms with Crippen molar-refractivity contribution in [3.05, 3.63) is 17.6 Å². The van der Waals surface area contributed by atoms with Gasteiger partial charge in [-0.05, 0) is 25.7 Å². The van der Waals surface area contributed by atoms with Gasteiger partial charge in [0.1, 0.15) is 12.1 Å². The Bertz CT molecular complexity index is 345. The molecule has 1 fully saturated rings. The van der Waals surface area contributed by atoms with Crippen LogP contribution >= 0.6 is 0 Å². The van der Waals surface area contributed by atoms with Crippen LogP contribution in [0, 0.1) is 0 Å². The van der Waals surface area contributed by atoms with Crippen LogP contribution in [0.3, 0.4) is 0 Å². The second kappa shape index (κ2) is 5.28. The Kier molecular flexibility index (Phi) is 3.75. The Hall–Kier alpha value is -1.12. The maximum Gasteiger partial charge on any atom is 0.132 e. The van der Waals surface area contributed by atoms with Crippen molar-refractivity contribution >= 4 is 5.82 Å². The molecule has 1 aromatic heterocycles. The lowest BCUT2D eigenvalue weighted by molar-refractivity contribution is 0.847. The van der Waals surface area contributed by atoms with Crippen molar-refractivity contribution in [1.29, 1.82) is 0 Å². The molecule has 3 heteroatoms. The molecule has 0 aromatic carbocycles. The average molecular weight is 219 g/mol. The van der Waals surface area contributed by atoms with E-state index in [0.29, 0.717) is 5.92 Å². The van der Waals surface area contributed by atoms with E-state index in [1.165, 1.54) is 24.1 Å². The van der Waals surface area contributed by atoms with Gasteiger partial charge in [-0.1, -0.05) is 20.3 Å². The van der Waals surface area contributed by atoms with Gasteiger partial charge in [-0.25, -0.2) is 9.97 Å². The Balaban J connectivity index is 2.23. The van der Waals surface area contributed by atoms with Crippen molar-refractivity contribution in [2.45, 2.75) is 51.9 Å². The summed E-state index contributed by atoms with van der Waals surface area (Å²) in [6, 6.07) is 0. The summed E-state index contributed by atoms with van der Waals surface area (Å²) in [5.74, 6) is 1.78. The van der Waals surface area contributed by atoms with E-state index in [9.17, 15) is 0 Å². The molecule has 1 saturated carbocycles. The highest BCUT2D eigenvalue weighted by molar-refractivity contribution is 5.47. The van der Waals surface area contributed by atoms with Crippen molar-refractivity contribution in [3.63, 3.8) is 0 Å². The summed E-state index contributed by atoms with van der Waals surface area (Å²) in [5.41, 5.74) is 2.66. The number of anilines is 1. The van der Waals surface area contributed by atoms with Crippen LogP contribution in [0.4, 0.5) is 5.82 Å². The van der Waals surface area contributed by atoms with Crippen molar-refractivity contribution in [2.24, 2.45) is 0 Å². The van der Waals surface area contributed by atoms with Crippen LogP contribution in [-0.4, -0.2) is 16.5 Å². The van der Waals surface area contributed by atoms with Crippen LogP contribution in [0.15, 0.2) is 6.33 Å². The van der Waals surface area contributed by atoms with Crippen LogP contribution in [-0.2, 0) is 6.42 Å². The molecular formula is C13H21N3. The van der Waals surface area contributed by atoms with E-state index < -0.39 is 0 Å². The van der Waals surface area contributed by atoms with Crippen molar-refractivity contribution < 1.29 is 0 Å². The van der Waals surface area contributed by atoms with Gasteiger partial charge >= 0.3 is 0 Å². The molecule has 2 rings (SSSR count). The predicted octanol–water partition coefficient (Wildman–Crippen LogP) is 3.13. The molecule has 1 aliphatic rings. The van der Waals surface area contributed by atoms with Crippen LogP contribution in [0.1, 0.15) is 56.7 Å². The van der Waals surface area contributed by atoms with E-state index in [1.54, 1.807) is 6.33 Å². The van der Waals surface area contributed by atoms with E-state index >= 15 is 0 Å². The highest BCUT2D eigenvalue weighted by Gasteiger charge is 2.28. The zero-order valence-electron chi connectivity index (χ0n) is 10.3. The molecule has 0 unspecified atom stereocenters. The predicted molar refractivity (Wildman–Crippen MR) is 66.8 cm³/mol. The van der Waals surface area contributed by atoms with E-state index in [2.05, 4.69) is 29.1 Å². The third-order valence-corrected chi connectivity index (χ3v) is 2.99. The number of nitrogens with one attached hydrogen (secondary N) is 1. The lowest BCUT2D eigenvalue weighted by Crippen LogP contribution is -2.08. The second-order valence-electron chi connectivity index (χ2n) is 4.54. The maximum atomic E-state index is 4.48. The first kappa shape index (κ1) is 11.4. The summed E-state index contributed by atoms with van der Waals surface area (Å²) in [6.07, 6.45) is 7.72. The molecule has 3 nitrogen and oxygen atoms in total. The fraction of sp³-hybridized carbons (Fsp3) is 0.692. The van der Waals surface area contributed by atoms with Gasteiger partial charge in [0.15, 0.2) is 0 Å². The minimum Gasteiger partial charge on any atom is -0.370 e. The highest BCUT2D eigenvalue weighted by Crippen LogP contribution is 2.41. The summed E-state index contributed by atoms with van der Waals surface area (Å²) in [6.45, 7) is 5.39. The summed E-state index contributed by atoms with van der Waals surface area (Å²) in [5, 5.41) is 3.42. The molecule has 88 valence electrons. The molecule has 0 saturated heterocycles. The largest absolute Gasteiger partial charge is 0.370 e. The third kappa shape index (κ3) is 2.52. The molecule has 1 aromatic rings. The quantitative estimate of drug-likeness (QED) is 0.798. The standard InChI is InChI=1S/C13H21N3/c1-3-5-11-12(10-6-7-10)15-9-16-13(11)14-8-4-2/h9-10H,3-8H2,1-2H3,(H,14,15,16). The Labute approximate surface area is 97.7 Å². The van der Waals surface area contributed by atoms with E-state index in [0.717, 1.165) is 31.6 Å². The van der Waals surface area contributed by atoms with Crippen molar-refractivity contribution in [3.8, 4) is 0 Å². The van der Waals surface area contributed by atoms with Gasteiger partial charge in [0.05, 0.1) is 5.69 Å². The number of aromatic nitrogens is 2. The lowest BCUT2D eigenvalue weighted by Gasteiger charge is -2.13. The van der Waals surface area contributed by atoms with Gasteiger partial charge in [0, 0.05) is 18.0 Å². The summed E-state index contributed by atoms with van der Waals surface area (Å²) >= 11 is 0. The Morgan fingerprint density at radius 3 is 2.69 bits per heavy atom. The van der Waals surface area contributed by atoms with Gasteiger partial charge in [-0.15, -0.1) is 0 Å². The molecule has 1 aliphatic carbocycles. The molecule has 0 bridgehead atoms. The van der Waals surface area contributed by atoms with Gasteiger partial charge < -0.3 is 5.32 Å². The number of rotatable bonds is 6. The first-order valence-corrected chi connectivity index (χ1v) is 6.44. The minimum absolute atomic E-state index is 0.715. The first-order valence-electron chi connectivity index (χ1n) is 6.44. The van der Waals surface area contributed by atoms with Gasteiger partial charge in [-0.3, -0.25) is 0 Å². The fourth-order valence-electron chi connectivity index (χ4n) is 2.03. The molecule has 0 radical (unpaired) electrons. The van der Waals surface area contributed by atoms with E-state index in [4.69, 9.17) is 0 Å². The highest BCUT2D eigenvalue weighted by atomic mass is 15.0. The fourth-order valence-corrected chi connectivity index (χ4v) is 2.03. The Morgan fingerprint density at radius 2 is 2.06 bits per heavy atom. The molecule has 1 N–H and O–H groups in total. The molecule has 1 heterocycles. The zero-order chi connectivity index (χ0) is 11.4. The summed E-state index contributed by atoms with van der Waals surface area (Å²) in [4.78, 5) is 8.86. The summed E-state index contributed by atoms with van der Waals surface area (Å²) in [7, 11) is 0. The minimum atomic E-state index is 0.715. The van der Waals surface area contributed by atoms with Gasteiger partial charge in [0.25, 0.3) is 0 Å². The molecule has 0 aliphatic heterocycles. The van der Waals surface area contributed by atoms with E-state index in [1.807, 2.05) is 0 Å². The third-order valence-electron chi connectivity index (χ3n) is 2.99. The number of nitrogens with zero attached hydrogens (tertiary/aromatic N) is 2. The van der Waals surface area contributed by atoms with Crippen LogP contribution < -0.4 is 5.32 Å². The summed E-state index contributed by atoms with van der Waals surface area (Å²) < 4.78 is 0. The second-order valence-corrected chi connectivity index (χ2v) is 4.54. The molecular weight excluding hydrogens is 198 g/mol. The topological polar surface area (TPSA) is 37.8 Å². The average Bonchev–Trinajstić information content (AvgIpc) is 3.12. The van der Waals surface area contributed by atoms with Crippen molar-refractivity contribution in [2.75, 3.05) is 11.9 Å².